The van der Waals surface area contributed by atoms with Gasteiger partial charge in [-0.25, -0.2) is 4.79 Å². The summed E-state index contributed by atoms with van der Waals surface area (Å²) < 4.78 is 4.80. The first kappa shape index (κ1) is 6.86. The predicted molar refractivity (Wildman–Crippen MR) is 35.4 cm³/mol. The lowest BCUT2D eigenvalue weighted by Gasteiger charge is -1.98. The van der Waals surface area contributed by atoms with Gasteiger partial charge in [0.1, 0.15) is 5.76 Å². The molecule has 0 radical (unpaired) electrons. The van der Waals surface area contributed by atoms with Crippen molar-refractivity contribution in [2.45, 2.75) is 6.42 Å². The molecule has 54 valence electrons. The van der Waals surface area contributed by atoms with Crippen molar-refractivity contribution >= 4 is 5.97 Å². The average Bonchev–Trinajstić information content (AvgIpc) is 2.33. The van der Waals surface area contributed by atoms with Crippen LogP contribution >= 0.6 is 0 Å². The summed E-state index contributed by atoms with van der Waals surface area (Å²) in [4.78, 5) is 10.4. The van der Waals surface area contributed by atoms with Crippen LogP contribution < -0.4 is 0 Å². The smallest absolute Gasteiger partial charge is 0.335 e. The minimum atomic E-state index is -0.901. The van der Waals surface area contributed by atoms with Crippen LogP contribution in [0, 0.1) is 0 Å². The lowest BCUT2D eigenvalue weighted by molar-refractivity contribution is -0.132. The maximum absolute atomic E-state index is 10.4. The number of ether oxygens (including phenoxy) is 1. The standard InChI is InChI=1S/C7H8O3/c1-10-6-4-2-3-5(6)7(8)9/h2,4H,3H2,1H3,(H,8,9). The highest BCUT2D eigenvalue weighted by Gasteiger charge is 2.15. The van der Waals surface area contributed by atoms with Crippen LogP contribution in [-0.2, 0) is 9.53 Å². The second-order valence-corrected chi connectivity index (χ2v) is 1.96. The highest BCUT2D eigenvalue weighted by Crippen LogP contribution is 2.18. The minimum Gasteiger partial charge on any atom is -0.496 e. The van der Waals surface area contributed by atoms with E-state index in [9.17, 15) is 4.79 Å². The van der Waals surface area contributed by atoms with Crippen molar-refractivity contribution < 1.29 is 14.6 Å². The lowest BCUT2D eigenvalue weighted by atomic mass is 10.2. The van der Waals surface area contributed by atoms with Crippen LogP contribution in [0.5, 0.6) is 0 Å². The number of hydrogen-bond acceptors (Lipinski definition) is 2. The maximum atomic E-state index is 10.4. The second kappa shape index (κ2) is 2.56. The molecule has 1 aliphatic carbocycles. The summed E-state index contributed by atoms with van der Waals surface area (Å²) in [7, 11) is 1.47. The zero-order valence-electron chi connectivity index (χ0n) is 5.63. The van der Waals surface area contributed by atoms with Gasteiger partial charge < -0.3 is 9.84 Å². The van der Waals surface area contributed by atoms with E-state index in [1.165, 1.54) is 7.11 Å². The molecule has 3 heteroatoms. The molecular formula is C7H8O3. The average molecular weight is 140 g/mol. The quantitative estimate of drug-likeness (QED) is 0.620. The Balaban J connectivity index is 2.85. The van der Waals surface area contributed by atoms with E-state index in [0.29, 0.717) is 17.8 Å². The van der Waals surface area contributed by atoms with Crippen molar-refractivity contribution in [2.75, 3.05) is 7.11 Å². The Morgan fingerprint density at radius 3 is 2.90 bits per heavy atom. The molecule has 10 heavy (non-hydrogen) atoms. The fraction of sp³-hybridized carbons (Fsp3) is 0.286. The van der Waals surface area contributed by atoms with Gasteiger partial charge in [0.2, 0.25) is 0 Å². The maximum Gasteiger partial charge on any atom is 0.335 e. The summed E-state index contributed by atoms with van der Waals surface area (Å²) >= 11 is 0. The number of rotatable bonds is 2. The van der Waals surface area contributed by atoms with E-state index in [1.807, 2.05) is 0 Å². The molecule has 1 N–H and O–H groups in total. The third kappa shape index (κ3) is 1.03. The van der Waals surface area contributed by atoms with Gasteiger partial charge in [-0.05, 0) is 6.08 Å². The van der Waals surface area contributed by atoms with E-state index in [4.69, 9.17) is 9.84 Å². The third-order valence-corrected chi connectivity index (χ3v) is 1.37. The zero-order valence-corrected chi connectivity index (χ0v) is 5.63. The topological polar surface area (TPSA) is 46.5 Å². The van der Waals surface area contributed by atoms with Crippen molar-refractivity contribution in [2.24, 2.45) is 0 Å². The highest BCUT2D eigenvalue weighted by molar-refractivity contribution is 5.88. The largest absolute Gasteiger partial charge is 0.496 e. The zero-order chi connectivity index (χ0) is 7.56. The molecule has 3 nitrogen and oxygen atoms in total. The van der Waals surface area contributed by atoms with E-state index in [1.54, 1.807) is 12.2 Å². The Bertz CT molecular complexity index is 213. The minimum absolute atomic E-state index is 0.336. The van der Waals surface area contributed by atoms with Crippen LogP contribution in [0.4, 0.5) is 0 Å². The molecular weight excluding hydrogens is 132 g/mol. The van der Waals surface area contributed by atoms with Crippen LogP contribution in [0.15, 0.2) is 23.5 Å². The van der Waals surface area contributed by atoms with Crippen molar-refractivity contribution in [3.05, 3.63) is 23.5 Å². The van der Waals surface area contributed by atoms with Gasteiger partial charge in [-0.15, -0.1) is 0 Å². The molecule has 0 aromatic carbocycles. The summed E-state index contributed by atoms with van der Waals surface area (Å²) in [5.41, 5.74) is 0.336. The summed E-state index contributed by atoms with van der Waals surface area (Å²) in [6.07, 6.45) is 3.91. The molecule has 1 aliphatic rings. The van der Waals surface area contributed by atoms with Crippen LogP contribution in [0.25, 0.3) is 0 Å². The molecule has 0 saturated heterocycles. The van der Waals surface area contributed by atoms with Crippen molar-refractivity contribution in [3.8, 4) is 0 Å². The molecule has 0 spiro atoms. The molecule has 0 bridgehead atoms. The summed E-state index contributed by atoms with van der Waals surface area (Å²) in [6.45, 7) is 0. The molecule has 0 amide bonds. The van der Waals surface area contributed by atoms with Crippen LogP contribution in [0.3, 0.4) is 0 Å². The number of methoxy groups -OCH3 is 1. The Labute approximate surface area is 58.6 Å². The molecule has 0 aromatic heterocycles. The van der Waals surface area contributed by atoms with Crippen molar-refractivity contribution in [1.82, 2.24) is 0 Å². The molecule has 0 aromatic rings. The number of carboxylic acid groups (broad SMARTS) is 1. The van der Waals surface area contributed by atoms with Crippen LogP contribution in [0.1, 0.15) is 6.42 Å². The second-order valence-electron chi connectivity index (χ2n) is 1.96. The Morgan fingerprint density at radius 1 is 1.80 bits per heavy atom. The Kier molecular flexibility index (Phi) is 1.76. The van der Waals surface area contributed by atoms with E-state index in [-0.39, 0.29) is 0 Å². The van der Waals surface area contributed by atoms with E-state index >= 15 is 0 Å². The molecule has 0 fully saturated rings. The summed E-state index contributed by atoms with van der Waals surface area (Å²) in [5.74, 6) is -0.436. The highest BCUT2D eigenvalue weighted by atomic mass is 16.5. The molecule has 0 atom stereocenters. The number of hydrogen-bond donors (Lipinski definition) is 1. The van der Waals surface area contributed by atoms with Crippen LogP contribution in [-0.4, -0.2) is 18.2 Å². The van der Waals surface area contributed by atoms with Crippen LogP contribution in [0.2, 0.25) is 0 Å². The van der Waals surface area contributed by atoms with Gasteiger partial charge in [0, 0.05) is 6.42 Å². The first-order valence-electron chi connectivity index (χ1n) is 2.92. The van der Waals surface area contributed by atoms with Crippen molar-refractivity contribution in [1.29, 1.82) is 0 Å². The molecule has 0 unspecified atom stereocenters. The SMILES string of the molecule is COC1=C(C(=O)O)CC=C1. The Hall–Kier alpha value is -1.25. The van der Waals surface area contributed by atoms with E-state index < -0.39 is 5.97 Å². The molecule has 0 saturated carbocycles. The first-order chi connectivity index (χ1) is 4.75. The molecule has 1 rings (SSSR count). The van der Waals surface area contributed by atoms with Gasteiger partial charge >= 0.3 is 5.97 Å². The van der Waals surface area contributed by atoms with Gasteiger partial charge in [0.25, 0.3) is 0 Å². The van der Waals surface area contributed by atoms with Crippen molar-refractivity contribution in [3.63, 3.8) is 0 Å². The monoisotopic (exact) mass is 140 g/mol. The first-order valence-corrected chi connectivity index (χ1v) is 2.92. The number of aliphatic carboxylic acids is 1. The molecule has 0 heterocycles. The third-order valence-electron chi connectivity index (χ3n) is 1.37. The van der Waals surface area contributed by atoms with Gasteiger partial charge in [0.05, 0.1) is 12.7 Å². The predicted octanol–water partition coefficient (Wildman–Crippen LogP) is 0.931. The number of carbonyl (C=O) groups is 1. The normalized spacial score (nSPS) is 16.1. The van der Waals surface area contributed by atoms with E-state index in [0.717, 1.165) is 0 Å². The summed E-state index contributed by atoms with van der Waals surface area (Å²) in [5, 5.41) is 8.54. The Morgan fingerprint density at radius 2 is 2.50 bits per heavy atom. The summed E-state index contributed by atoms with van der Waals surface area (Å²) in [6, 6.07) is 0. The number of carboxylic acids is 1. The number of allylic oxidation sites excluding steroid dienone is 2. The lowest BCUT2D eigenvalue weighted by Crippen LogP contribution is -2.00. The van der Waals surface area contributed by atoms with E-state index in [2.05, 4.69) is 0 Å². The fourth-order valence-electron chi connectivity index (χ4n) is 0.869. The van der Waals surface area contributed by atoms with Gasteiger partial charge in [-0.2, -0.15) is 0 Å². The molecule has 0 aliphatic heterocycles. The van der Waals surface area contributed by atoms with Gasteiger partial charge in [-0.3, -0.25) is 0 Å². The van der Waals surface area contributed by atoms with Gasteiger partial charge in [-0.1, -0.05) is 6.08 Å². The van der Waals surface area contributed by atoms with Gasteiger partial charge in [0.15, 0.2) is 0 Å². The fourth-order valence-corrected chi connectivity index (χ4v) is 0.869.